The van der Waals surface area contributed by atoms with Crippen molar-refractivity contribution in [2.75, 3.05) is 7.11 Å². The van der Waals surface area contributed by atoms with Gasteiger partial charge in [-0.2, -0.15) is 5.06 Å². The number of hydrogen-bond acceptors (Lipinski definition) is 3. The SMILES string of the molecule is CON1C=CCc2cccc(CCC=O)c2C1=O. The lowest BCUT2D eigenvalue weighted by molar-refractivity contribution is -0.107. The number of benzene rings is 1. The third kappa shape index (κ3) is 2.33. The number of carbonyl (C=O) groups excluding carboxylic acids is 2. The fourth-order valence-electron chi connectivity index (χ4n) is 2.12. The molecule has 0 saturated carbocycles. The highest BCUT2D eigenvalue weighted by Crippen LogP contribution is 2.22. The molecule has 0 spiro atoms. The van der Waals surface area contributed by atoms with Crippen LogP contribution in [0.5, 0.6) is 0 Å². The van der Waals surface area contributed by atoms with Gasteiger partial charge in [-0.25, -0.2) is 0 Å². The number of aryl methyl sites for hydroxylation is 1. The summed E-state index contributed by atoms with van der Waals surface area (Å²) in [5, 5.41) is 1.22. The van der Waals surface area contributed by atoms with Crippen molar-refractivity contribution in [3.63, 3.8) is 0 Å². The highest BCUT2D eigenvalue weighted by atomic mass is 16.7. The van der Waals surface area contributed by atoms with Crippen molar-refractivity contribution < 1.29 is 14.4 Å². The first-order valence-corrected chi connectivity index (χ1v) is 5.86. The summed E-state index contributed by atoms with van der Waals surface area (Å²) in [4.78, 5) is 27.8. The van der Waals surface area contributed by atoms with Gasteiger partial charge in [-0.1, -0.05) is 24.3 Å². The van der Waals surface area contributed by atoms with Gasteiger partial charge in [0, 0.05) is 18.2 Å². The van der Waals surface area contributed by atoms with E-state index in [1.807, 2.05) is 24.3 Å². The molecule has 94 valence electrons. The van der Waals surface area contributed by atoms with Crippen LogP contribution in [0.25, 0.3) is 0 Å². The zero-order valence-electron chi connectivity index (χ0n) is 10.3. The molecule has 1 amide bonds. The van der Waals surface area contributed by atoms with Crippen molar-refractivity contribution in [1.29, 1.82) is 0 Å². The Balaban J connectivity index is 2.43. The first kappa shape index (κ1) is 12.5. The van der Waals surface area contributed by atoms with Crippen LogP contribution in [0.1, 0.15) is 27.9 Å². The van der Waals surface area contributed by atoms with Crippen LogP contribution in [-0.2, 0) is 22.5 Å². The monoisotopic (exact) mass is 245 g/mol. The summed E-state index contributed by atoms with van der Waals surface area (Å²) < 4.78 is 0. The number of nitrogens with zero attached hydrogens (tertiary/aromatic N) is 1. The van der Waals surface area contributed by atoms with Crippen LogP contribution in [0, 0.1) is 0 Å². The third-order valence-corrected chi connectivity index (χ3v) is 2.96. The summed E-state index contributed by atoms with van der Waals surface area (Å²) in [6, 6.07) is 5.74. The number of rotatable bonds is 4. The van der Waals surface area contributed by atoms with Gasteiger partial charge in [0.1, 0.15) is 6.29 Å². The van der Waals surface area contributed by atoms with Gasteiger partial charge >= 0.3 is 0 Å². The smallest absolute Gasteiger partial charge is 0.282 e. The Morgan fingerprint density at radius 3 is 3.00 bits per heavy atom. The van der Waals surface area contributed by atoms with E-state index in [-0.39, 0.29) is 5.91 Å². The van der Waals surface area contributed by atoms with E-state index in [9.17, 15) is 9.59 Å². The molecular weight excluding hydrogens is 230 g/mol. The lowest BCUT2D eigenvalue weighted by Gasteiger charge is -2.17. The Bertz CT molecular complexity index is 494. The molecule has 0 fully saturated rings. The van der Waals surface area contributed by atoms with E-state index in [2.05, 4.69) is 0 Å². The van der Waals surface area contributed by atoms with Crippen molar-refractivity contribution in [2.24, 2.45) is 0 Å². The molecule has 1 heterocycles. The first-order valence-electron chi connectivity index (χ1n) is 5.86. The molecular formula is C14H15NO3. The van der Waals surface area contributed by atoms with Crippen molar-refractivity contribution >= 4 is 12.2 Å². The molecule has 1 aromatic rings. The number of aldehydes is 1. The van der Waals surface area contributed by atoms with E-state index < -0.39 is 0 Å². The van der Waals surface area contributed by atoms with Gasteiger partial charge in [-0.15, -0.1) is 0 Å². The molecule has 1 aliphatic heterocycles. The molecule has 2 rings (SSSR count). The molecule has 0 radical (unpaired) electrons. The minimum Gasteiger partial charge on any atom is -0.303 e. The molecule has 1 aliphatic rings. The second-order valence-corrected chi connectivity index (χ2v) is 4.06. The zero-order chi connectivity index (χ0) is 13.0. The molecule has 0 aliphatic carbocycles. The molecule has 0 aromatic heterocycles. The summed E-state index contributed by atoms with van der Waals surface area (Å²) in [6.45, 7) is 0. The number of hydroxylamine groups is 2. The average Bonchev–Trinajstić information content (AvgIpc) is 2.56. The largest absolute Gasteiger partial charge is 0.303 e. The average molecular weight is 245 g/mol. The van der Waals surface area contributed by atoms with Crippen molar-refractivity contribution in [3.8, 4) is 0 Å². The standard InChI is InChI=1S/C14H15NO3/c1-18-15-9-3-7-11-5-2-6-12(8-4-10-16)13(11)14(15)17/h2-3,5-6,9-10H,4,7-8H2,1H3. The normalized spacial score (nSPS) is 14.3. The second kappa shape index (κ2) is 5.60. The maximum absolute atomic E-state index is 12.3. The molecule has 18 heavy (non-hydrogen) atoms. The quantitative estimate of drug-likeness (QED) is 0.761. The van der Waals surface area contributed by atoms with Crippen LogP contribution in [-0.4, -0.2) is 24.4 Å². The van der Waals surface area contributed by atoms with Crippen LogP contribution in [0.15, 0.2) is 30.5 Å². The zero-order valence-corrected chi connectivity index (χ0v) is 10.3. The highest BCUT2D eigenvalue weighted by molar-refractivity contribution is 5.97. The Morgan fingerprint density at radius 1 is 1.44 bits per heavy atom. The number of carbonyl (C=O) groups is 2. The lowest BCUT2D eigenvalue weighted by Crippen LogP contribution is -2.25. The Kier molecular flexibility index (Phi) is 3.89. The lowest BCUT2D eigenvalue weighted by atomic mass is 9.96. The van der Waals surface area contributed by atoms with Crippen LogP contribution in [0.3, 0.4) is 0 Å². The van der Waals surface area contributed by atoms with E-state index in [4.69, 9.17) is 4.84 Å². The molecule has 0 N–H and O–H groups in total. The van der Waals surface area contributed by atoms with Gasteiger partial charge in [0.15, 0.2) is 0 Å². The van der Waals surface area contributed by atoms with Gasteiger partial charge in [-0.3, -0.25) is 9.63 Å². The van der Waals surface area contributed by atoms with Crippen molar-refractivity contribution in [2.45, 2.75) is 19.3 Å². The molecule has 0 atom stereocenters. The van der Waals surface area contributed by atoms with Crippen LogP contribution in [0.4, 0.5) is 0 Å². The summed E-state index contributed by atoms with van der Waals surface area (Å²) in [7, 11) is 1.46. The summed E-state index contributed by atoms with van der Waals surface area (Å²) >= 11 is 0. The minimum atomic E-state index is -0.178. The van der Waals surface area contributed by atoms with E-state index in [1.54, 1.807) is 6.20 Å². The van der Waals surface area contributed by atoms with Gasteiger partial charge < -0.3 is 4.79 Å². The van der Waals surface area contributed by atoms with Gasteiger partial charge in [0.25, 0.3) is 5.91 Å². The Hall–Kier alpha value is -1.94. The van der Waals surface area contributed by atoms with Crippen LogP contribution >= 0.6 is 0 Å². The molecule has 0 saturated heterocycles. The van der Waals surface area contributed by atoms with Crippen LogP contribution in [0.2, 0.25) is 0 Å². The third-order valence-electron chi connectivity index (χ3n) is 2.96. The summed E-state index contributed by atoms with van der Waals surface area (Å²) in [5.41, 5.74) is 2.53. The van der Waals surface area contributed by atoms with E-state index in [0.717, 1.165) is 17.4 Å². The first-order chi connectivity index (χ1) is 8.77. The van der Waals surface area contributed by atoms with Gasteiger partial charge in [-0.05, 0) is 24.0 Å². The van der Waals surface area contributed by atoms with Crippen LogP contribution < -0.4 is 0 Å². The Labute approximate surface area is 106 Å². The highest BCUT2D eigenvalue weighted by Gasteiger charge is 2.22. The molecule has 1 aromatic carbocycles. The molecule has 4 heteroatoms. The maximum Gasteiger partial charge on any atom is 0.282 e. The fourth-order valence-corrected chi connectivity index (χ4v) is 2.12. The second-order valence-electron chi connectivity index (χ2n) is 4.06. The van der Waals surface area contributed by atoms with Crippen molar-refractivity contribution in [3.05, 3.63) is 47.2 Å². The van der Waals surface area contributed by atoms with Crippen molar-refractivity contribution in [1.82, 2.24) is 5.06 Å². The predicted molar refractivity (Wildman–Crippen MR) is 66.8 cm³/mol. The van der Waals surface area contributed by atoms with E-state index >= 15 is 0 Å². The molecule has 0 unspecified atom stereocenters. The molecule has 0 bridgehead atoms. The van der Waals surface area contributed by atoms with E-state index in [0.29, 0.717) is 24.8 Å². The van der Waals surface area contributed by atoms with Gasteiger partial charge in [0.05, 0.1) is 7.11 Å². The minimum absolute atomic E-state index is 0.178. The summed E-state index contributed by atoms with van der Waals surface area (Å²) in [6.07, 6.45) is 6.07. The number of hydrogen-bond donors (Lipinski definition) is 0. The molecule has 4 nitrogen and oxygen atoms in total. The number of allylic oxidation sites excluding steroid dienone is 1. The van der Waals surface area contributed by atoms with E-state index in [1.165, 1.54) is 12.2 Å². The maximum atomic E-state index is 12.3. The topological polar surface area (TPSA) is 46.6 Å². The van der Waals surface area contributed by atoms with Gasteiger partial charge in [0.2, 0.25) is 0 Å². The Morgan fingerprint density at radius 2 is 2.28 bits per heavy atom. The number of fused-ring (bicyclic) bond motifs is 1. The fraction of sp³-hybridized carbons (Fsp3) is 0.286. The predicted octanol–water partition coefficient (Wildman–Crippen LogP) is 1.89. The summed E-state index contributed by atoms with van der Waals surface area (Å²) in [5.74, 6) is -0.178. The number of amides is 1.